The van der Waals surface area contributed by atoms with Crippen LogP contribution in [0, 0.1) is 6.92 Å². The summed E-state index contributed by atoms with van der Waals surface area (Å²) in [4.78, 5) is 26.8. The molecule has 6 heteroatoms. The lowest BCUT2D eigenvalue weighted by Crippen LogP contribution is -2.31. The molecule has 0 aliphatic carbocycles. The normalized spacial score (nSPS) is 15.6. The number of rotatable bonds is 6. The summed E-state index contributed by atoms with van der Waals surface area (Å²) in [6.07, 6.45) is 5.72. The third kappa shape index (κ3) is 5.41. The molecule has 1 saturated heterocycles. The lowest BCUT2D eigenvalue weighted by molar-refractivity contribution is -0.122. The van der Waals surface area contributed by atoms with Gasteiger partial charge in [-0.3, -0.25) is 14.5 Å². The Hall–Kier alpha value is -2.70. The number of nitrogens with one attached hydrogen (secondary N) is 1. The summed E-state index contributed by atoms with van der Waals surface area (Å²) in [5, 5.41) is 2.83. The molecule has 3 rings (SSSR count). The fourth-order valence-electron chi connectivity index (χ4n) is 2.59. The van der Waals surface area contributed by atoms with Gasteiger partial charge in [0.05, 0.1) is 4.91 Å². The van der Waals surface area contributed by atoms with Crippen LogP contribution in [0.5, 0.6) is 0 Å². The Morgan fingerprint density at radius 1 is 1.14 bits per heavy atom. The zero-order chi connectivity index (χ0) is 19.9. The number of carbonyl (C=O) groups excluding carboxylic acids is 2. The van der Waals surface area contributed by atoms with Crippen LogP contribution in [-0.2, 0) is 9.59 Å². The van der Waals surface area contributed by atoms with Crippen LogP contribution in [-0.4, -0.2) is 27.6 Å². The van der Waals surface area contributed by atoms with E-state index in [1.54, 1.807) is 6.08 Å². The summed E-state index contributed by atoms with van der Waals surface area (Å²) < 4.78 is 0.479. The van der Waals surface area contributed by atoms with Crippen LogP contribution >= 0.6 is 24.0 Å². The van der Waals surface area contributed by atoms with Crippen molar-refractivity contribution in [3.05, 3.63) is 82.8 Å². The highest BCUT2D eigenvalue weighted by Crippen LogP contribution is 2.31. The average Bonchev–Trinajstić information content (AvgIpc) is 2.96. The van der Waals surface area contributed by atoms with Gasteiger partial charge in [-0.1, -0.05) is 84.2 Å². The van der Waals surface area contributed by atoms with E-state index in [9.17, 15) is 9.59 Å². The van der Waals surface area contributed by atoms with E-state index in [1.165, 1.54) is 16.7 Å². The number of amides is 2. The SMILES string of the molecule is Cc1ccc(NC(=O)CCN2C(=O)C(=CC=Cc3ccccc3)SC2=S)cc1. The molecule has 1 fully saturated rings. The van der Waals surface area contributed by atoms with E-state index in [4.69, 9.17) is 12.2 Å². The molecular formula is C22H20N2O2S2. The third-order valence-electron chi connectivity index (χ3n) is 4.11. The van der Waals surface area contributed by atoms with Crippen LogP contribution in [0.3, 0.4) is 0 Å². The molecule has 28 heavy (non-hydrogen) atoms. The molecule has 4 nitrogen and oxygen atoms in total. The van der Waals surface area contributed by atoms with Gasteiger partial charge in [0.1, 0.15) is 4.32 Å². The second-order valence-electron chi connectivity index (χ2n) is 6.29. The molecule has 2 aromatic carbocycles. The highest BCUT2D eigenvalue weighted by molar-refractivity contribution is 8.26. The van der Waals surface area contributed by atoms with Crippen LogP contribution in [0.4, 0.5) is 5.69 Å². The monoisotopic (exact) mass is 408 g/mol. The third-order valence-corrected chi connectivity index (χ3v) is 5.50. The van der Waals surface area contributed by atoms with Crippen LogP contribution in [0.25, 0.3) is 6.08 Å². The number of hydrogen-bond acceptors (Lipinski definition) is 4. The van der Waals surface area contributed by atoms with E-state index in [0.29, 0.717) is 9.23 Å². The summed E-state index contributed by atoms with van der Waals surface area (Å²) in [6.45, 7) is 2.26. The van der Waals surface area contributed by atoms with Gasteiger partial charge < -0.3 is 5.32 Å². The van der Waals surface area contributed by atoms with Crippen molar-refractivity contribution in [2.75, 3.05) is 11.9 Å². The number of allylic oxidation sites excluding steroid dienone is 2. The highest BCUT2D eigenvalue weighted by atomic mass is 32.2. The first-order chi connectivity index (χ1) is 13.5. The van der Waals surface area contributed by atoms with Crippen molar-refractivity contribution < 1.29 is 9.59 Å². The summed E-state index contributed by atoms with van der Waals surface area (Å²) >= 11 is 6.57. The summed E-state index contributed by atoms with van der Waals surface area (Å²) in [5.74, 6) is -0.304. The number of hydrogen-bond donors (Lipinski definition) is 1. The van der Waals surface area contributed by atoms with Gasteiger partial charge in [0.15, 0.2) is 0 Å². The molecule has 0 aromatic heterocycles. The quantitative estimate of drug-likeness (QED) is 0.552. The number of aryl methyl sites for hydroxylation is 1. The van der Waals surface area contributed by atoms with Gasteiger partial charge in [-0.15, -0.1) is 0 Å². The predicted octanol–water partition coefficient (Wildman–Crippen LogP) is 4.78. The minimum absolute atomic E-state index is 0.147. The Balaban J connectivity index is 1.54. The summed E-state index contributed by atoms with van der Waals surface area (Å²) in [5.41, 5.74) is 2.93. The molecule has 0 bridgehead atoms. The number of benzene rings is 2. The highest BCUT2D eigenvalue weighted by Gasteiger charge is 2.31. The summed E-state index contributed by atoms with van der Waals surface area (Å²) in [7, 11) is 0. The molecule has 2 aromatic rings. The molecule has 0 saturated carbocycles. The van der Waals surface area contributed by atoms with Crippen molar-refractivity contribution in [1.29, 1.82) is 0 Å². The maximum Gasteiger partial charge on any atom is 0.266 e. The van der Waals surface area contributed by atoms with E-state index in [0.717, 1.165) is 16.8 Å². The first-order valence-electron chi connectivity index (χ1n) is 8.86. The molecular weight excluding hydrogens is 388 g/mol. The zero-order valence-electron chi connectivity index (χ0n) is 15.4. The number of thioether (sulfide) groups is 1. The van der Waals surface area contributed by atoms with Crippen molar-refractivity contribution in [2.45, 2.75) is 13.3 Å². The van der Waals surface area contributed by atoms with E-state index in [1.807, 2.05) is 73.7 Å². The number of nitrogens with zero attached hydrogens (tertiary/aromatic N) is 1. The Morgan fingerprint density at radius 3 is 2.57 bits per heavy atom. The number of thiocarbonyl (C=S) groups is 1. The maximum absolute atomic E-state index is 12.6. The number of carbonyl (C=O) groups is 2. The molecule has 142 valence electrons. The van der Waals surface area contributed by atoms with Crippen LogP contribution in [0.15, 0.2) is 71.7 Å². The largest absolute Gasteiger partial charge is 0.326 e. The van der Waals surface area contributed by atoms with Gasteiger partial charge in [-0.2, -0.15) is 0 Å². The Morgan fingerprint density at radius 2 is 1.86 bits per heavy atom. The first-order valence-corrected chi connectivity index (χ1v) is 10.1. The van der Waals surface area contributed by atoms with E-state index in [-0.39, 0.29) is 24.8 Å². The van der Waals surface area contributed by atoms with Crippen molar-refractivity contribution in [3.8, 4) is 0 Å². The molecule has 0 spiro atoms. The van der Waals surface area contributed by atoms with Gasteiger partial charge in [0.2, 0.25) is 5.91 Å². The van der Waals surface area contributed by atoms with E-state index in [2.05, 4.69) is 5.32 Å². The standard InChI is InChI=1S/C22H20N2O2S2/c1-16-10-12-18(13-11-16)23-20(25)14-15-24-21(26)19(28-22(24)27)9-5-8-17-6-3-2-4-7-17/h2-13H,14-15H2,1H3,(H,23,25). The van der Waals surface area contributed by atoms with Gasteiger partial charge in [-0.25, -0.2) is 0 Å². The topological polar surface area (TPSA) is 49.4 Å². The minimum atomic E-state index is -0.157. The van der Waals surface area contributed by atoms with Crippen LogP contribution in [0.2, 0.25) is 0 Å². The minimum Gasteiger partial charge on any atom is -0.326 e. The van der Waals surface area contributed by atoms with Gasteiger partial charge in [-0.05, 0) is 30.7 Å². The summed E-state index contributed by atoms with van der Waals surface area (Å²) in [6, 6.07) is 17.4. The fraction of sp³-hybridized carbons (Fsp3) is 0.136. The molecule has 1 N–H and O–H groups in total. The average molecular weight is 409 g/mol. The van der Waals surface area contributed by atoms with Gasteiger partial charge in [0, 0.05) is 18.7 Å². The Bertz CT molecular complexity index is 935. The first kappa shape index (κ1) is 20.0. The Kier molecular flexibility index (Phi) is 6.79. The maximum atomic E-state index is 12.6. The van der Waals surface area contributed by atoms with E-state index < -0.39 is 0 Å². The lowest BCUT2D eigenvalue weighted by atomic mass is 10.2. The van der Waals surface area contributed by atoms with Crippen LogP contribution < -0.4 is 5.32 Å². The molecule has 2 amide bonds. The van der Waals surface area contributed by atoms with Crippen molar-refractivity contribution in [2.24, 2.45) is 0 Å². The van der Waals surface area contributed by atoms with E-state index >= 15 is 0 Å². The smallest absolute Gasteiger partial charge is 0.266 e. The second kappa shape index (κ2) is 9.48. The number of anilines is 1. The molecule has 0 atom stereocenters. The molecule has 0 unspecified atom stereocenters. The lowest BCUT2D eigenvalue weighted by Gasteiger charge is -2.14. The van der Waals surface area contributed by atoms with Crippen molar-refractivity contribution in [1.82, 2.24) is 4.90 Å². The molecule has 1 heterocycles. The molecule has 1 aliphatic heterocycles. The van der Waals surface area contributed by atoms with Crippen molar-refractivity contribution >= 4 is 51.9 Å². The molecule has 0 radical (unpaired) electrons. The fourth-order valence-corrected chi connectivity index (χ4v) is 3.85. The molecule has 1 aliphatic rings. The van der Waals surface area contributed by atoms with Crippen LogP contribution in [0.1, 0.15) is 17.5 Å². The van der Waals surface area contributed by atoms with Crippen molar-refractivity contribution in [3.63, 3.8) is 0 Å². The van der Waals surface area contributed by atoms with Gasteiger partial charge in [0.25, 0.3) is 5.91 Å². The van der Waals surface area contributed by atoms with Gasteiger partial charge >= 0.3 is 0 Å². The Labute approximate surface area is 174 Å². The zero-order valence-corrected chi connectivity index (χ0v) is 17.1. The second-order valence-corrected chi connectivity index (χ2v) is 7.97. The predicted molar refractivity (Wildman–Crippen MR) is 120 cm³/mol.